The minimum Gasteiger partial charge on any atom is -0.0612 e. The molecule has 0 aliphatic carbocycles. The lowest BCUT2D eigenvalue weighted by Gasteiger charge is -1.99. The zero-order valence-corrected chi connectivity index (χ0v) is 17.0. The van der Waals surface area contributed by atoms with Crippen molar-refractivity contribution in [3.05, 3.63) is 112 Å². The summed E-state index contributed by atoms with van der Waals surface area (Å²) in [5, 5.41) is 1.29. The van der Waals surface area contributed by atoms with Gasteiger partial charge in [0.25, 0.3) is 0 Å². The van der Waals surface area contributed by atoms with Crippen LogP contribution in [0.2, 0.25) is 0 Å². The fourth-order valence-electron chi connectivity index (χ4n) is 3.12. The predicted molar refractivity (Wildman–Crippen MR) is 126 cm³/mol. The first kappa shape index (κ1) is 18.3. The van der Waals surface area contributed by atoms with Gasteiger partial charge in [-0.3, -0.25) is 0 Å². The summed E-state index contributed by atoms with van der Waals surface area (Å²) in [6.45, 7) is 4.23. The number of benzene rings is 3. The van der Waals surface area contributed by atoms with Crippen LogP contribution < -0.4 is 0 Å². The molecule has 0 radical (unpaired) electrons. The summed E-state index contributed by atoms with van der Waals surface area (Å²) >= 11 is 1.83. The van der Waals surface area contributed by atoms with Crippen LogP contribution in [0.3, 0.4) is 0 Å². The molecule has 0 atom stereocenters. The number of fused-ring (bicyclic) bond motifs is 1. The second-order valence-corrected chi connectivity index (χ2v) is 8.20. The molecule has 0 saturated carbocycles. The Kier molecular flexibility index (Phi) is 5.45. The van der Waals surface area contributed by atoms with Crippen LogP contribution >= 0.6 is 11.3 Å². The highest BCUT2D eigenvalue weighted by Gasteiger charge is 2.12. The van der Waals surface area contributed by atoms with Gasteiger partial charge in [-0.2, -0.15) is 0 Å². The number of rotatable bonds is 4. The summed E-state index contributed by atoms with van der Waals surface area (Å²) in [6.07, 6.45) is 8.82. The van der Waals surface area contributed by atoms with Crippen molar-refractivity contribution in [3.8, 4) is 0 Å². The molecular formula is C27H23S+. The molecule has 0 amide bonds. The highest BCUT2D eigenvalue weighted by molar-refractivity contribution is 7.19. The van der Waals surface area contributed by atoms with Crippen molar-refractivity contribution < 1.29 is 0 Å². The third kappa shape index (κ3) is 4.44. The third-order valence-corrected chi connectivity index (χ3v) is 5.84. The van der Waals surface area contributed by atoms with Crippen LogP contribution in [-0.2, 0) is 0 Å². The van der Waals surface area contributed by atoms with Gasteiger partial charge in [0.2, 0.25) is 20.9 Å². The van der Waals surface area contributed by atoms with Crippen molar-refractivity contribution in [1.29, 1.82) is 0 Å². The van der Waals surface area contributed by atoms with Crippen molar-refractivity contribution in [1.82, 2.24) is 0 Å². The smallest absolute Gasteiger partial charge is 0.0612 e. The van der Waals surface area contributed by atoms with Crippen molar-refractivity contribution >= 4 is 45.7 Å². The van der Waals surface area contributed by atoms with Gasteiger partial charge in [0.15, 0.2) is 0 Å². The van der Waals surface area contributed by atoms with Gasteiger partial charge in [-0.1, -0.05) is 83.9 Å². The van der Waals surface area contributed by atoms with Crippen molar-refractivity contribution in [2.75, 3.05) is 0 Å². The van der Waals surface area contributed by atoms with Gasteiger partial charge >= 0.3 is 0 Å². The Labute approximate surface area is 171 Å². The topological polar surface area (TPSA) is 0 Å². The number of aryl methyl sites for hydroxylation is 2. The van der Waals surface area contributed by atoms with Crippen molar-refractivity contribution in [2.45, 2.75) is 13.8 Å². The van der Waals surface area contributed by atoms with Gasteiger partial charge in [0.1, 0.15) is 0 Å². The van der Waals surface area contributed by atoms with Crippen LogP contribution in [0.5, 0.6) is 0 Å². The van der Waals surface area contributed by atoms with Gasteiger partial charge in [-0.05, 0) is 42.7 Å². The van der Waals surface area contributed by atoms with E-state index in [9.17, 15) is 0 Å². The van der Waals surface area contributed by atoms with E-state index in [1.165, 1.54) is 42.8 Å². The summed E-state index contributed by atoms with van der Waals surface area (Å²) in [5.74, 6) is 0. The van der Waals surface area contributed by atoms with Crippen LogP contribution in [0.1, 0.15) is 32.7 Å². The Morgan fingerprint density at radius 3 is 1.82 bits per heavy atom. The lowest BCUT2D eigenvalue weighted by atomic mass is 10.1. The van der Waals surface area contributed by atoms with E-state index in [0.717, 1.165) is 0 Å². The molecule has 0 unspecified atom stereocenters. The molecule has 0 fully saturated rings. The zero-order valence-electron chi connectivity index (χ0n) is 16.2. The van der Waals surface area contributed by atoms with E-state index >= 15 is 0 Å². The molecular weight excluding hydrogens is 356 g/mol. The maximum atomic E-state index is 2.28. The Hall–Kier alpha value is -3.03. The van der Waals surface area contributed by atoms with E-state index in [1.807, 2.05) is 11.3 Å². The Morgan fingerprint density at radius 2 is 1.18 bits per heavy atom. The van der Waals surface area contributed by atoms with Gasteiger partial charge < -0.3 is 0 Å². The van der Waals surface area contributed by atoms with Gasteiger partial charge in [-0.25, -0.2) is 0 Å². The molecule has 28 heavy (non-hydrogen) atoms. The molecule has 0 spiro atoms. The Morgan fingerprint density at radius 1 is 0.607 bits per heavy atom. The van der Waals surface area contributed by atoms with E-state index in [4.69, 9.17) is 0 Å². The average molecular weight is 380 g/mol. The van der Waals surface area contributed by atoms with E-state index in [1.54, 1.807) is 0 Å². The maximum absolute atomic E-state index is 2.28. The summed E-state index contributed by atoms with van der Waals surface area (Å²) in [4.78, 5) is 1.25. The van der Waals surface area contributed by atoms with Crippen molar-refractivity contribution in [2.24, 2.45) is 0 Å². The normalized spacial score (nSPS) is 11.6. The summed E-state index contributed by atoms with van der Waals surface area (Å²) in [5.41, 5.74) is 6.27. The number of hydrogen-bond acceptors (Lipinski definition) is 0. The van der Waals surface area contributed by atoms with Gasteiger partial charge in [0, 0.05) is 23.6 Å². The van der Waals surface area contributed by atoms with Crippen LogP contribution in [0.25, 0.3) is 34.4 Å². The van der Waals surface area contributed by atoms with Crippen LogP contribution in [0.15, 0.2) is 78.9 Å². The zero-order chi connectivity index (χ0) is 19.3. The van der Waals surface area contributed by atoms with Gasteiger partial charge in [-0.15, -0.1) is 0 Å². The molecule has 1 aromatic heterocycles. The second kappa shape index (κ2) is 8.33. The first-order valence-electron chi connectivity index (χ1n) is 9.53. The highest BCUT2D eigenvalue weighted by atomic mass is 32.1. The van der Waals surface area contributed by atoms with Crippen molar-refractivity contribution in [3.63, 3.8) is 0 Å². The highest BCUT2D eigenvalue weighted by Crippen LogP contribution is 2.29. The summed E-state index contributed by atoms with van der Waals surface area (Å²) < 4.78 is 1.30. The summed E-state index contributed by atoms with van der Waals surface area (Å²) in [6, 6.07) is 28.2. The minimum absolute atomic E-state index is 1.22. The molecule has 0 aliphatic rings. The maximum Gasteiger partial charge on any atom is 0.239 e. The SMILES string of the molecule is Cc1ccc(C=Cc2cc(C=Cc3ccc(C)cc3)c3ccccc3[s+]2)cc1. The molecule has 0 nitrogen and oxygen atoms in total. The lowest BCUT2D eigenvalue weighted by molar-refractivity contribution is 1.46. The van der Waals surface area contributed by atoms with E-state index < -0.39 is 0 Å². The molecule has 4 aromatic rings. The summed E-state index contributed by atoms with van der Waals surface area (Å²) in [7, 11) is 0. The molecule has 1 heterocycles. The fourth-order valence-corrected chi connectivity index (χ4v) is 4.14. The minimum atomic E-state index is 1.22. The third-order valence-electron chi connectivity index (χ3n) is 4.77. The van der Waals surface area contributed by atoms with Gasteiger partial charge in [0.05, 0.1) is 0 Å². The molecule has 4 rings (SSSR count). The largest absolute Gasteiger partial charge is 0.239 e. The van der Waals surface area contributed by atoms with Crippen LogP contribution in [-0.4, -0.2) is 0 Å². The Bertz CT molecular complexity index is 1150. The van der Waals surface area contributed by atoms with Crippen LogP contribution in [0, 0.1) is 13.8 Å². The molecule has 0 aliphatic heterocycles. The molecule has 0 bridgehead atoms. The Balaban J connectivity index is 1.70. The lowest BCUT2D eigenvalue weighted by Crippen LogP contribution is -1.80. The molecule has 0 N–H and O–H groups in total. The molecule has 0 saturated heterocycles. The quantitative estimate of drug-likeness (QED) is 0.314. The molecule has 136 valence electrons. The molecule has 3 aromatic carbocycles. The number of hydrogen-bond donors (Lipinski definition) is 0. The monoisotopic (exact) mass is 379 g/mol. The van der Waals surface area contributed by atoms with E-state index in [0.29, 0.717) is 0 Å². The fraction of sp³-hybridized carbons (Fsp3) is 0.0741. The first-order valence-corrected chi connectivity index (χ1v) is 10.3. The standard InChI is InChI=1S/C27H23S/c1-20-7-11-22(12-8-20)15-17-24-19-25(28-27-6-4-3-5-26(24)27)18-16-23-13-9-21(2)10-14-23/h3-19H,1-2H3/q+1. The predicted octanol–water partition coefficient (Wildman–Crippen LogP) is 8.14. The average Bonchev–Trinajstić information content (AvgIpc) is 2.73. The first-order chi connectivity index (χ1) is 13.7. The van der Waals surface area contributed by atoms with E-state index in [2.05, 4.69) is 117 Å². The second-order valence-electron chi connectivity index (χ2n) is 7.09. The van der Waals surface area contributed by atoms with Crippen LogP contribution in [0.4, 0.5) is 0 Å². The molecule has 1 heteroatoms. The van der Waals surface area contributed by atoms with E-state index in [-0.39, 0.29) is 0 Å².